The molecular weight excluding hydrogens is 268 g/mol. The van der Waals surface area contributed by atoms with E-state index in [0.29, 0.717) is 5.75 Å². The van der Waals surface area contributed by atoms with E-state index in [4.69, 9.17) is 4.74 Å². The predicted molar refractivity (Wildman–Crippen MR) is 80.8 cm³/mol. The van der Waals surface area contributed by atoms with Crippen LogP contribution in [0.2, 0.25) is 0 Å². The van der Waals surface area contributed by atoms with Crippen LogP contribution in [0.25, 0.3) is 0 Å². The molecule has 5 nitrogen and oxygen atoms in total. The molecule has 2 aromatic rings. The van der Waals surface area contributed by atoms with Gasteiger partial charge in [0.2, 0.25) is 0 Å². The smallest absolute Gasteiger partial charge is 0.331 e. The SMILES string of the molecule is Cc1cc(C(C)(C)C)ccc1Oc1ncccc1[N+](=O)[O-]. The fourth-order valence-electron chi connectivity index (χ4n) is 1.93. The van der Waals surface area contributed by atoms with Crippen molar-refractivity contribution in [1.29, 1.82) is 0 Å². The highest BCUT2D eigenvalue weighted by molar-refractivity contribution is 5.46. The molecule has 1 aromatic heterocycles. The average Bonchev–Trinajstić information content (AvgIpc) is 2.40. The third-order valence-electron chi connectivity index (χ3n) is 3.20. The molecule has 1 aromatic carbocycles. The molecule has 2 rings (SSSR count). The Morgan fingerprint density at radius 1 is 1.24 bits per heavy atom. The first-order valence-corrected chi connectivity index (χ1v) is 6.67. The summed E-state index contributed by atoms with van der Waals surface area (Å²) in [5.74, 6) is 0.582. The van der Waals surface area contributed by atoms with Crippen LogP contribution in [-0.2, 0) is 5.41 Å². The minimum absolute atomic E-state index is 0.00843. The average molecular weight is 286 g/mol. The van der Waals surface area contributed by atoms with Crippen LogP contribution >= 0.6 is 0 Å². The fourth-order valence-corrected chi connectivity index (χ4v) is 1.93. The minimum Gasteiger partial charge on any atom is -0.433 e. The van der Waals surface area contributed by atoms with Gasteiger partial charge in [-0.3, -0.25) is 10.1 Å². The summed E-state index contributed by atoms with van der Waals surface area (Å²) in [5, 5.41) is 11.0. The second kappa shape index (κ2) is 5.52. The molecule has 21 heavy (non-hydrogen) atoms. The van der Waals surface area contributed by atoms with Gasteiger partial charge in [-0.1, -0.05) is 32.9 Å². The van der Waals surface area contributed by atoms with E-state index in [0.717, 1.165) is 5.56 Å². The number of rotatable bonds is 3. The van der Waals surface area contributed by atoms with Crippen molar-refractivity contribution in [2.45, 2.75) is 33.1 Å². The summed E-state index contributed by atoms with van der Waals surface area (Å²) < 4.78 is 5.62. The van der Waals surface area contributed by atoms with Crippen LogP contribution in [0.15, 0.2) is 36.5 Å². The Kier molecular flexibility index (Phi) is 3.93. The molecule has 0 aliphatic heterocycles. The van der Waals surface area contributed by atoms with Gasteiger partial charge >= 0.3 is 5.69 Å². The van der Waals surface area contributed by atoms with Gasteiger partial charge in [-0.05, 0) is 35.6 Å². The van der Waals surface area contributed by atoms with Crippen LogP contribution in [0.4, 0.5) is 5.69 Å². The van der Waals surface area contributed by atoms with Crippen molar-refractivity contribution < 1.29 is 9.66 Å². The highest BCUT2D eigenvalue weighted by atomic mass is 16.6. The zero-order valence-corrected chi connectivity index (χ0v) is 12.6. The normalized spacial score (nSPS) is 11.2. The van der Waals surface area contributed by atoms with Gasteiger partial charge in [-0.25, -0.2) is 4.98 Å². The number of nitro groups is 1. The second-order valence-corrected chi connectivity index (χ2v) is 5.92. The van der Waals surface area contributed by atoms with Crippen LogP contribution in [0.3, 0.4) is 0 Å². The van der Waals surface area contributed by atoms with Crippen LogP contribution < -0.4 is 4.74 Å². The van der Waals surface area contributed by atoms with Crippen molar-refractivity contribution in [1.82, 2.24) is 4.98 Å². The van der Waals surface area contributed by atoms with Crippen LogP contribution in [0, 0.1) is 17.0 Å². The van der Waals surface area contributed by atoms with Crippen LogP contribution in [-0.4, -0.2) is 9.91 Å². The molecule has 1 heterocycles. The van der Waals surface area contributed by atoms with Crippen molar-refractivity contribution in [3.05, 3.63) is 57.8 Å². The summed E-state index contributed by atoms with van der Waals surface area (Å²) in [4.78, 5) is 14.4. The summed E-state index contributed by atoms with van der Waals surface area (Å²) in [7, 11) is 0. The van der Waals surface area contributed by atoms with Crippen molar-refractivity contribution in [3.8, 4) is 11.6 Å². The molecule has 0 fully saturated rings. The first kappa shape index (κ1) is 15.0. The number of nitrogens with zero attached hydrogens (tertiary/aromatic N) is 2. The molecule has 0 unspecified atom stereocenters. The molecule has 0 atom stereocenters. The Balaban J connectivity index is 2.35. The van der Waals surface area contributed by atoms with E-state index in [1.165, 1.54) is 23.9 Å². The standard InChI is InChI=1S/C16H18N2O3/c1-11-10-12(16(2,3)4)7-8-14(11)21-15-13(18(19)20)6-5-9-17-15/h5-10H,1-4H3. The van der Waals surface area contributed by atoms with E-state index in [1.54, 1.807) is 0 Å². The van der Waals surface area contributed by atoms with Gasteiger partial charge in [-0.2, -0.15) is 0 Å². The number of hydrogen-bond acceptors (Lipinski definition) is 4. The molecule has 110 valence electrons. The minimum atomic E-state index is -0.499. The quantitative estimate of drug-likeness (QED) is 0.620. The van der Waals surface area contributed by atoms with E-state index in [-0.39, 0.29) is 17.0 Å². The summed E-state index contributed by atoms with van der Waals surface area (Å²) in [6.07, 6.45) is 1.47. The van der Waals surface area contributed by atoms with Gasteiger partial charge in [0.1, 0.15) is 5.75 Å². The van der Waals surface area contributed by atoms with Crippen LogP contribution in [0.5, 0.6) is 11.6 Å². The van der Waals surface area contributed by atoms with Gasteiger partial charge < -0.3 is 4.74 Å². The molecule has 0 spiro atoms. The van der Waals surface area contributed by atoms with Gasteiger partial charge in [0.25, 0.3) is 5.88 Å². The monoisotopic (exact) mass is 286 g/mol. The van der Waals surface area contributed by atoms with E-state index >= 15 is 0 Å². The largest absolute Gasteiger partial charge is 0.433 e. The number of benzene rings is 1. The number of hydrogen-bond donors (Lipinski definition) is 0. The lowest BCUT2D eigenvalue weighted by Gasteiger charge is -2.20. The van der Waals surface area contributed by atoms with Crippen molar-refractivity contribution >= 4 is 5.69 Å². The Morgan fingerprint density at radius 2 is 1.95 bits per heavy atom. The van der Waals surface area contributed by atoms with Crippen molar-refractivity contribution in [3.63, 3.8) is 0 Å². The Labute approximate surface area is 123 Å². The first-order valence-electron chi connectivity index (χ1n) is 6.67. The molecule has 0 aliphatic carbocycles. The van der Waals surface area contributed by atoms with Gasteiger partial charge in [0.15, 0.2) is 0 Å². The Bertz CT molecular complexity index is 675. The molecular formula is C16H18N2O3. The molecule has 0 aliphatic rings. The summed E-state index contributed by atoms with van der Waals surface area (Å²) >= 11 is 0. The highest BCUT2D eigenvalue weighted by Crippen LogP contribution is 2.32. The predicted octanol–water partition coefficient (Wildman–Crippen LogP) is 4.39. The third-order valence-corrected chi connectivity index (χ3v) is 3.20. The number of pyridine rings is 1. The van der Waals surface area contributed by atoms with Crippen molar-refractivity contribution in [2.24, 2.45) is 0 Å². The van der Waals surface area contributed by atoms with Crippen LogP contribution in [0.1, 0.15) is 31.9 Å². The molecule has 5 heteroatoms. The molecule has 0 radical (unpaired) electrons. The van der Waals surface area contributed by atoms with E-state index in [2.05, 4.69) is 25.8 Å². The number of aromatic nitrogens is 1. The molecule has 0 bridgehead atoms. The molecule has 0 saturated heterocycles. The maximum atomic E-state index is 11.0. The summed E-state index contributed by atoms with van der Waals surface area (Å²) in [6, 6.07) is 8.72. The number of aryl methyl sites for hydroxylation is 1. The Hall–Kier alpha value is -2.43. The van der Waals surface area contributed by atoms with E-state index in [9.17, 15) is 10.1 Å². The zero-order chi connectivity index (χ0) is 15.6. The molecule has 0 N–H and O–H groups in total. The maximum Gasteiger partial charge on any atom is 0.331 e. The van der Waals surface area contributed by atoms with Crippen molar-refractivity contribution in [2.75, 3.05) is 0 Å². The highest BCUT2D eigenvalue weighted by Gasteiger charge is 2.19. The second-order valence-electron chi connectivity index (χ2n) is 5.92. The summed E-state index contributed by atoms with van der Waals surface area (Å²) in [5.41, 5.74) is 2.00. The lowest BCUT2D eigenvalue weighted by molar-refractivity contribution is -0.386. The topological polar surface area (TPSA) is 65.3 Å². The van der Waals surface area contributed by atoms with Gasteiger partial charge in [0, 0.05) is 12.3 Å². The molecule has 0 saturated carbocycles. The van der Waals surface area contributed by atoms with E-state index in [1.807, 2.05) is 25.1 Å². The zero-order valence-electron chi connectivity index (χ0n) is 12.6. The maximum absolute atomic E-state index is 11.0. The van der Waals surface area contributed by atoms with E-state index < -0.39 is 4.92 Å². The lowest BCUT2D eigenvalue weighted by atomic mass is 9.86. The first-order chi connectivity index (χ1) is 9.79. The Morgan fingerprint density at radius 3 is 2.52 bits per heavy atom. The van der Waals surface area contributed by atoms with Gasteiger partial charge in [-0.15, -0.1) is 0 Å². The molecule has 0 amide bonds. The summed E-state index contributed by atoms with van der Waals surface area (Å²) in [6.45, 7) is 8.31. The lowest BCUT2D eigenvalue weighted by Crippen LogP contribution is -2.11. The fraction of sp³-hybridized carbons (Fsp3) is 0.312. The van der Waals surface area contributed by atoms with Gasteiger partial charge in [0.05, 0.1) is 4.92 Å². The third kappa shape index (κ3) is 3.37. The number of ether oxygens (including phenoxy) is 1.